The molecular formula is C11H13BrN2S2. The summed E-state index contributed by atoms with van der Waals surface area (Å²) in [5, 5.41) is 0. The first kappa shape index (κ1) is 12.2. The van der Waals surface area contributed by atoms with Gasteiger partial charge in [0.2, 0.25) is 0 Å². The summed E-state index contributed by atoms with van der Waals surface area (Å²) >= 11 is 10.7. The largest absolute Gasteiger partial charge is 0.331 e. The maximum Gasteiger partial charge on any atom is 0.178 e. The summed E-state index contributed by atoms with van der Waals surface area (Å²) in [5.41, 5.74) is 2.27. The van der Waals surface area contributed by atoms with Gasteiger partial charge in [-0.25, -0.2) is 0 Å². The van der Waals surface area contributed by atoms with E-state index in [9.17, 15) is 0 Å². The van der Waals surface area contributed by atoms with Crippen molar-refractivity contribution in [2.75, 3.05) is 12.0 Å². The second-order valence-electron chi connectivity index (χ2n) is 3.77. The van der Waals surface area contributed by atoms with Gasteiger partial charge in [0.15, 0.2) is 4.77 Å². The molecule has 0 radical (unpaired) electrons. The van der Waals surface area contributed by atoms with Crippen LogP contribution < -0.4 is 0 Å². The average Bonchev–Trinajstić information content (AvgIpc) is 2.53. The van der Waals surface area contributed by atoms with Gasteiger partial charge in [-0.15, -0.1) is 0 Å². The fraction of sp³-hybridized carbons (Fsp3) is 0.364. The summed E-state index contributed by atoms with van der Waals surface area (Å²) in [5.74, 6) is 1.07. The molecule has 0 fully saturated rings. The van der Waals surface area contributed by atoms with Gasteiger partial charge in [0, 0.05) is 16.3 Å². The minimum absolute atomic E-state index is 0.414. The van der Waals surface area contributed by atoms with Crippen molar-refractivity contribution in [3.05, 3.63) is 27.4 Å². The molecule has 2 nitrogen and oxygen atoms in total. The van der Waals surface area contributed by atoms with Gasteiger partial charge in [-0.05, 0) is 43.6 Å². The Bertz CT molecular complexity index is 559. The number of nitrogens with one attached hydrogen (secondary N) is 1. The Labute approximate surface area is 113 Å². The standard InChI is InChI=1S/C11H13BrN2S2/c1-7(6-16-2)14-10-4-3-8(12)5-9(10)13-11(14)15/h3-5,7H,6H2,1-2H3,(H,13,15). The van der Waals surface area contributed by atoms with Crippen molar-refractivity contribution in [3.63, 3.8) is 0 Å². The van der Waals surface area contributed by atoms with Gasteiger partial charge < -0.3 is 9.55 Å². The molecule has 0 amide bonds. The van der Waals surface area contributed by atoms with E-state index in [1.54, 1.807) is 0 Å². The first-order chi connectivity index (χ1) is 7.63. The number of imidazole rings is 1. The number of H-pyrrole nitrogens is 1. The molecule has 0 aliphatic heterocycles. The highest BCUT2D eigenvalue weighted by atomic mass is 79.9. The Morgan fingerprint density at radius 3 is 3.00 bits per heavy atom. The molecule has 1 heterocycles. The Morgan fingerprint density at radius 2 is 2.31 bits per heavy atom. The molecule has 0 bridgehead atoms. The minimum Gasteiger partial charge on any atom is -0.331 e. The molecule has 1 atom stereocenters. The van der Waals surface area contributed by atoms with Crippen LogP contribution in [0.15, 0.2) is 22.7 Å². The second-order valence-corrected chi connectivity index (χ2v) is 5.98. The van der Waals surface area contributed by atoms with Crippen LogP contribution in [0, 0.1) is 4.77 Å². The van der Waals surface area contributed by atoms with Crippen LogP contribution in [0.1, 0.15) is 13.0 Å². The van der Waals surface area contributed by atoms with Gasteiger partial charge in [0.05, 0.1) is 11.0 Å². The maximum absolute atomic E-state index is 5.37. The summed E-state index contributed by atoms with van der Waals surface area (Å²) in [6, 6.07) is 6.63. The molecule has 0 saturated heterocycles. The van der Waals surface area contributed by atoms with E-state index in [4.69, 9.17) is 12.2 Å². The van der Waals surface area contributed by atoms with Crippen molar-refractivity contribution in [1.29, 1.82) is 0 Å². The van der Waals surface area contributed by atoms with E-state index in [-0.39, 0.29) is 0 Å². The van der Waals surface area contributed by atoms with Crippen molar-refractivity contribution < 1.29 is 0 Å². The fourth-order valence-electron chi connectivity index (χ4n) is 1.86. The number of halogens is 1. The number of hydrogen-bond acceptors (Lipinski definition) is 2. The van der Waals surface area contributed by atoms with Crippen LogP contribution in [0.5, 0.6) is 0 Å². The molecule has 2 aromatic rings. The van der Waals surface area contributed by atoms with Crippen molar-refractivity contribution in [2.24, 2.45) is 0 Å². The lowest BCUT2D eigenvalue weighted by Gasteiger charge is -2.12. The van der Waals surface area contributed by atoms with Crippen LogP contribution >= 0.6 is 39.9 Å². The molecule has 86 valence electrons. The normalized spacial score (nSPS) is 13.2. The Balaban J connectivity index is 2.60. The summed E-state index contributed by atoms with van der Waals surface area (Å²) in [6.45, 7) is 2.20. The second kappa shape index (κ2) is 4.94. The molecule has 1 N–H and O–H groups in total. The first-order valence-electron chi connectivity index (χ1n) is 5.02. The van der Waals surface area contributed by atoms with Crippen LogP contribution in [-0.4, -0.2) is 21.6 Å². The lowest BCUT2D eigenvalue weighted by Crippen LogP contribution is -2.07. The average molecular weight is 317 g/mol. The van der Waals surface area contributed by atoms with E-state index in [1.807, 2.05) is 17.8 Å². The van der Waals surface area contributed by atoms with Crippen LogP contribution in [0.25, 0.3) is 11.0 Å². The maximum atomic E-state index is 5.37. The molecule has 5 heteroatoms. The number of nitrogens with zero attached hydrogens (tertiary/aromatic N) is 1. The monoisotopic (exact) mass is 316 g/mol. The molecule has 1 aromatic carbocycles. The van der Waals surface area contributed by atoms with E-state index in [0.29, 0.717) is 6.04 Å². The van der Waals surface area contributed by atoms with Crippen LogP contribution in [0.4, 0.5) is 0 Å². The fourth-order valence-corrected chi connectivity index (χ4v) is 3.24. The molecule has 0 aliphatic carbocycles. The van der Waals surface area contributed by atoms with Crippen LogP contribution in [0.2, 0.25) is 0 Å². The lowest BCUT2D eigenvalue weighted by molar-refractivity contribution is 0.620. The van der Waals surface area contributed by atoms with Gasteiger partial charge in [-0.3, -0.25) is 0 Å². The number of fused-ring (bicyclic) bond motifs is 1. The molecule has 0 spiro atoms. The highest BCUT2D eigenvalue weighted by Gasteiger charge is 2.10. The van der Waals surface area contributed by atoms with Gasteiger partial charge in [0.25, 0.3) is 0 Å². The number of thioether (sulfide) groups is 1. The number of benzene rings is 1. The number of hydrogen-bond donors (Lipinski definition) is 1. The van der Waals surface area contributed by atoms with Crippen LogP contribution in [0.3, 0.4) is 0 Å². The summed E-state index contributed by atoms with van der Waals surface area (Å²) in [4.78, 5) is 3.25. The molecule has 0 aliphatic rings. The topological polar surface area (TPSA) is 20.7 Å². The lowest BCUT2D eigenvalue weighted by atomic mass is 10.3. The number of rotatable bonds is 3. The van der Waals surface area contributed by atoms with E-state index < -0.39 is 0 Å². The molecule has 1 aromatic heterocycles. The zero-order chi connectivity index (χ0) is 11.7. The van der Waals surface area contributed by atoms with E-state index in [0.717, 1.165) is 20.5 Å². The third-order valence-electron chi connectivity index (χ3n) is 2.53. The van der Waals surface area contributed by atoms with Crippen molar-refractivity contribution in [1.82, 2.24) is 9.55 Å². The molecule has 0 saturated carbocycles. The Kier molecular flexibility index (Phi) is 3.77. The number of aromatic nitrogens is 2. The third kappa shape index (κ3) is 2.21. The minimum atomic E-state index is 0.414. The van der Waals surface area contributed by atoms with Gasteiger partial charge in [-0.1, -0.05) is 15.9 Å². The number of aromatic amines is 1. The summed E-state index contributed by atoms with van der Waals surface area (Å²) in [7, 11) is 0. The predicted molar refractivity (Wildman–Crippen MR) is 77.9 cm³/mol. The molecular weight excluding hydrogens is 304 g/mol. The zero-order valence-electron chi connectivity index (χ0n) is 9.16. The van der Waals surface area contributed by atoms with E-state index in [2.05, 4.69) is 50.8 Å². The highest BCUT2D eigenvalue weighted by Crippen LogP contribution is 2.23. The van der Waals surface area contributed by atoms with Gasteiger partial charge >= 0.3 is 0 Å². The molecule has 2 rings (SSSR count). The predicted octanol–water partition coefficient (Wildman–Crippen LogP) is 4.39. The Hall–Kier alpha value is -0.260. The third-order valence-corrected chi connectivity index (χ3v) is 4.13. The zero-order valence-corrected chi connectivity index (χ0v) is 12.4. The van der Waals surface area contributed by atoms with Gasteiger partial charge in [0.1, 0.15) is 0 Å². The smallest absolute Gasteiger partial charge is 0.178 e. The highest BCUT2D eigenvalue weighted by molar-refractivity contribution is 9.10. The molecule has 16 heavy (non-hydrogen) atoms. The van der Waals surface area contributed by atoms with Crippen molar-refractivity contribution in [3.8, 4) is 0 Å². The van der Waals surface area contributed by atoms with Crippen LogP contribution in [-0.2, 0) is 0 Å². The first-order valence-corrected chi connectivity index (χ1v) is 7.61. The van der Waals surface area contributed by atoms with E-state index >= 15 is 0 Å². The summed E-state index contributed by atoms with van der Waals surface area (Å²) in [6.07, 6.45) is 2.12. The Morgan fingerprint density at radius 1 is 1.56 bits per heavy atom. The van der Waals surface area contributed by atoms with Crippen molar-refractivity contribution >= 4 is 50.9 Å². The van der Waals surface area contributed by atoms with Gasteiger partial charge in [-0.2, -0.15) is 11.8 Å². The summed E-state index contributed by atoms with van der Waals surface area (Å²) < 4.78 is 4.06. The van der Waals surface area contributed by atoms with Crippen molar-refractivity contribution in [2.45, 2.75) is 13.0 Å². The quantitative estimate of drug-likeness (QED) is 0.848. The molecule has 1 unspecified atom stereocenters. The SMILES string of the molecule is CSCC(C)n1c(=S)[nH]c2cc(Br)ccc21. The van der Waals surface area contributed by atoms with E-state index in [1.165, 1.54) is 5.52 Å².